The van der Waals surface area contributed by atoms with E-state index >= 15 is 0 Å². The van der Waals surface area contributed by atoms with Crippen molar-refractivity contribution >= 4 is 45.1 Å². The Labute approximate surface area is 129 Å². The molecule has 3 nitrogen and oxygen atoms in total. The van der Waals surface area contributed by atoms with Gasteiger partial charge in [-0.15, -0.1) is 0 Å². The monoisotopic (exact) mass is 355 g/mol. The van der Waals surface area contributed by atoms with Crippen LogP contribution in [0.5, 0.6) is 0 Å². The van der Waals surface area contributed by atoms with Gasteiger partial charge in [-0.3, -0.25) is 0 Å². The van der Waals surface area contributed by atoms with Crippen LogP contribution in [0.2, 0.25) is 5.02 Å². The molecule has 98 valence electrons. The summed E-state index contributed by atoms with van der Waals surface area (Å²) in [5.41, 5.74) is 3.28. The first-order valence-corrected chi connectivity index (χ1v) is 8.12. The van der Waals surface area contributed by atoms with Crippen LogP contribution in [0, 0.1) is 0 Å². The molecule has 0 spiro atoms. The van der Waals surface area contributed by atoms with E-state index in [1.54, 1.807) is 0 Å². The van der Waals surface area contributed by atoms with Crippen LogP contribution in [0.1, 0.15) is 11.3 Å². The number of hydrogen-bond donors (Lipinski definition) is 1. The summed E-state index contributed by atoms with van der Waals surface area (Å²) in [4.78, 5) is 9.25. The molecule has 2 aromatic rings. The van der Waals surface area contributed by atoms with Gasteiger partial charge in [-0.25, -0.2) is 9.97 Å². The molecular weight excluding hydrogens is 346 g/mol. The molecular formula is C13H11BrClN3S. The minimum absolute atomic E-state index is 0.669. The van der Waals surface area contributed by atoms with Crippen molar-refractivity contribution < 1.29 is 0 Å². The Morgan fingerprint density at radius 1 is 1.32 bits per heavy atom. The van der Waals surface area contributed by atoms with E-state index in [0.29, 0.717) is 5.02 Å². The molecule has 0 unspecified atom stereocenters. The molecule has 2 heterocycles. The molecule has 19 heavy (non-hydrogen) atoms. The average Bonchev–Trinajstić information content (AvgIpc) is 2.89. The van der Waals surface area contributed by atoms with Gasteiger partial charge in [0.1, 0.15) is 5.82 Å². The molecule has 0 atom stereocenters. The summed E-state index contributed by atoms with van der Waals surface area (Å²) in [5, 5.41) is 3.83. The normalized spacial score (nSPS) is 13.4. The fourth-order valence-corrected chi connectivity index (χ4v) is 3.49. The van der Waals surface area contributed by atoms with E-state index in [-0.39, 0.29) is 0 Å². The number of fused-ring (bicyclic) bond motifs is 1. The third kappa shape index (κ3) is 2.47. The molecule has 0 saturated carbocycles. The van der Waals surface area contributed by atoms with E-state index < -0.39 is 0 Å². The lowest BCUT2D eigenvalue weighted by molar-refractivity contribution is 1.07. The molecule has 1 aliphatic heterocycles. The Morgan fingerprint density at radius 2 is 2.16 bits per heavy atom. The van der Waals surface area contributed by atoms with E-state index in [2.05, 4.69) is 31.2 Å². The second-order valence-electron chi connectivity index (χ2n) is 4.19. The van der Waals surface area contributed by atoms with Crippen molar-refractivity contribution in [2.24, 2.45) is 0 Å². The minimum Gasteiger partial charge on any atom is -0.373 e. The first-order valence-electron chi connectivity index (χ1n) is 5.79. The molecule has 0 radical (unpaired) electrons. The van der Waals surface area contributed by atoms with Crippen molar-refractivity contribution in [3.05, 3.63) is 39.0 Å². The van der Waals surface area contributed by atoms with Crippen molar-refractivity contribution in [1.82, 2.24) is 9.97 Å². The van der Waals surface area contributed by atoms with E-state index in [4.69, 9.17) is 11.6 Å². The van der Waals surface area contributed by atoms with E-state index in [1.165, 1.54) is 5.56 Å². The number of aromatic nitrogens is 2. The lowest BCUT2D eigenvalue weighted by Gasteiger charge is -2.09. The summed E-state index contributed by atoms with van der Waals surface area (Å²) in [5.74, 6) is 3.57. The van der Waals surface area contributed by atoms with Crippen molar-refractivity contribution in [3.8, 4) is 11.4 Å². The summed E-state index contributed by atoms with van der Waals surface area (Å²) in [6.45, 7) is 0. The Kier molecular flexibility index (Phi) is 3.69. The van der Waals surface area contributed by atoms with Gasteiger partial charge < -0.3 is 5.32 Å². The lowest BCUT2D eigenvalue weighted by atomic mass is 10.2. The topological polar surface area (TPSA) is 37.8 Å². The number of anilines is 1. The van der Waals surface area contributed by atoms with Gasteiger partial charge in [-0.05, 0) is 34.1 Å². The SMILES string of the molecule is CNc1nc(-c2ccc(Br)c(Cl)c2)nc2c1CSC2. The smallest absolute Gasteiger partial charge is 0.161 e. The zero-order chi connectivity index (χ0) is 13.4. The van der Waals surface area contributed by atoms with Crippen LogP contribution < -0.4 is 5.32 Å². The highest BCUT2D eigenvalue weighted by molar-refractivity contribution is 9.10. The zero-order valence-electron chi connectivity index (χ0n) is 10.2. The maximum absolute atomic E-state index is 6.13. The van der Waals surface area contributed by atoms with Gasteiger partial charge in [-0.2, -0.15) is 11.8 Å². The maximum Gasteiger partial charge on any atom is 0.161 e. The second kappa shape index (κ2) is 5.31. The van der Waals surface area contributed by atoms with Crippen molar-refractivity contribution in [3.63, 3.8) is 0 Å². The van der Waals surface area contributed by atoms with Gasteiger partial charge in [0.25, 0.3) is 0 Å². The predicted molar refractivity (Wildman–Crippen MR) is 84.7 cm³/mol. The number of hydrogen-bond acceptors (Lipinski definition) is 4. The van der Waals surface area contributed by atoms with E-state index in [0.717, 1.165) is 38.9 Å². The van der Waals surface area contributed by atoms with Crippen LogP contribution in [0.15, 0.2) is 22.7 Å². The molecule has 1 aromatic carbocycles. The highest BCUT2D eigenvalue weighted by atomic mass is 79.9. The highest BCUT2D eigenvalue weighted by Gasteiger charge is 2.19. The Balaban J connectivity index is 2.12. The minimum atomic E-state index is 0.669. The standard InChI is InChI=1S/C13H11BrClN3S/c1-16-13-8-5-19-6-11(8)17-12(18-13)7-2-3-9(14)10(15)4-7/h2-4H,5-6H2,1H3,(H,16,17,18). The lowest BCUT2D eigenvalue weighted by Crippen LogP contribution is -2.03. The van der Waals surface area contributed by atoms with Gasteiger partial charge in [0.05, 0.1) is 10.7 Å². The quantitative estimate of drug-likeness (QED) is 0.868. The van der Waals surface area contributed by atoms with Gasteiger partial charge in [0.15, 0.2) is 5.82 Å². The number of rotatable bonds is 2. The fourth-order valence-electron chi connectivity index (χ4n) is 2.02. The van der Waals surface area contributed by atoms with Gasteiger partial charge in [0.2, 0.25) is 0 Å². The number of nitrogens with zero attached hydrogens (tertiary/aromatic N) is 2. The summed E-state index contributed by atoms with van der Waals surface area (Å²) in [7, 11) is 1.89. The molecule has 0 aliphatic carbocycles. The van der Waals surface area contributed by atoms with E-state index in [1.807, 2.05) is 37.0 Å². The highest BCUT2D eigenvalue weighted by Crippen LogP contribution is 2.35. The Bertz CT molecular complexity index is 648. The van der Waals surface area contributed by atoms with Crippen LogP contribution in [0.3, 0.4) is 0 Å². The number of benzene rings is 1. The van der Waals surface area contributed by atoms with Crippen LogP contribution in [0.4, 0.5) is 5.82 Å². The predicted octanol–water partition coefficient (Wildman–Crippen LogP) is 4.35. The number of nitrogens with one attached hydrogen (secondary N) is 1. The molecule has 0 bridgehead atoms. The fraction of sp³-hybridized carbons (Fsp3) is 0.231. The third-order valence-corrected chi connectivity index (χ3v) is 5.20. The Morgan fingerprint density at radius 3 is 2.89 bits per heavy atom. The molecule has 0 amide bonds. The van der Waals surface area contributed by atoms with Crippen molar-refractivity contribution in [2.75, 3.05) is 12.4 Å². The van der Waals surface area contributed by atoms with Crippen LogP contribution in [-0.2, 0) is 11.5 Å². The number of halogens is 2. The van der Waals surface area contributed by atoms with Crippen molar-refractivity contribution in [1.29, 1.82) is 0 Å². The zero-order valence-corrected chi connectivity index (χ0v) is 13.4. The molecule has 1 aliphatic rings. The summed E-state index contributed by atoms with van der Waals surface area (Å²) in [6.07, 6.45) is 0. The summed E-state index contributed by atoms with van der Waals surface area (Å²) >= 11 is 11.4. The first-order chi connectivity index (χ1) is 9.19. The van der Waals surface area contributed by atoms with Crippen LogP contribution >= 0.6 is 39.3 Å². The van der Waals surface area contributed by atoms with Crippen LogP contribution in [-0.4, -0.2) is 17.0 Å². The molecule has 0 saturated heterocycles. The maximum atomic E-state index is 6.13. The molecule has 6 heteroatoms. The molecule has 3 rings (SSSR count). The van der Waals surface area contributed by atoms with Gasteiger partial charge in [-0.1, -0.05) is 11.6 Å². The van der Waals surface area contributed by atoms with Gasteiger partial charge >= 0.3 is 0 Å². The largest absolute Gasteiger partial charge is 0.373 e. The third-order valence-electron chi connectivity index (χ3n) is 2.99. The number of thioether (sulfide) groups is 1. The molecule has 1 N–H and O–H groups in total. The van der Waals surface area contributed by atoms with Crippen molar-refractivity contribution in [2.45, 2.75) is 11.5 Å². The summed E-state index contributed by atoms with van der Waals surface area (Å²) in [6, 6.07) is 5.77. The van der Waals surface area contributed by atoms with E-state index in [9.17, 15) is 0 Å². The average molecular weight is 357 g/mol. The van der Waals surface area contributed by atoms with Gasteiger partial charge in [0, 0.05) is 34.2 Å². The second-order valence-corrected chi connectivity index (χ2v) is 6.44. The summed E-state index contributed by atoms with van der Waals surface area (Å²) < 4.78 is 0.878. The molecule has 0 fully saturated rings. The Hall–Kier alpha value is -0.780. The first kappa shape index (κ1) is 13.2. The molecule has 1 aromatic heterocycles. The van der Waals surface area contributed by atoms with Crippen LogP contribution in [0.25, 0.3) is 11.4 Å².